The molecule has 0 radical (unpaired) electrons. The third kappa shape index (κ3) is 2.54. The maximum Gasteiger partial charge on any atom is 0.335 e. The second-order valence-electron chi connectivity index (χ2n) is 5.51. The molecule has 3 aromatic rings. The number of benzene rings is 2. The lowest BCUT2D eigenvalue weighted by Gasteiger charge is -2.16. The van der Waals surface area contributed by atoms with Crippen molar-refractivity contribution in [3.8, 4) is 22.6 Å². The third-order valence-corrected chi connectivity index (χ3v) is 4.09. The van der Waals surface area contributed by atoms with E-state index in [1.807, 2.05) is 13.0 Å². The zero-order chi connectivity index (χ0) is 17.3. The van der Waals surface area contributed by atoms with Crippen molar-refractivity contribution in [3.63, 3.8) is 0 Å². The van der Waals surface area contributed by atoms with Crippen LogP contribution in [-0.4, -0.2) is 14.2 Å². The molecule has 5 nitrogen and oxygen atoms in total. The first-order valence-corrected chi connectivity index (χ1v) is 7.76. The quantitative estimate of drug-likeness (QED) is 0.806. The summed E-state index contributed by atoms with van der Waals surface area (Å²) in [4.78, 5) is 25.8. The fourth-order valence-electron chi connectivity index (χ4n) is 2.89. The molecule has 0 atom stereocenters. The summed E-state index contributed by atoms with van der Waals surface area (Å²) in [5.41, 5.74) is 1.57. The second-order valence-corrected chi connectivity index (χ2v) is 5.51. The van der Waals surface area contributed by atoms with Crippen molar-refractivity contribution in [2.24, 2.45) is 0 Å². The molecule has 1 heterocycles. The number of aromatic nitrogens is 2. The molecule has 3 rings (SSSR count). The van der Waals surface area contributed by atoms with Crippen molar-refractivity contribution in [2.45, 2.75) is 20.4 Å². The van der Waals surface area contributed by atoms with Crippen LogP contribution in [0.3, 0.4) is 0 Å². The Kier molecular flexibility index (Phi) is 4.08. The maximum atomic E-state index is 13.1. The minimum Gasteiger partial charge on any atom is -0.508 e. The van der Waals surface area contributed by atoms with Crippen LogP contribution in [-0.2, 0) is 6.54 Å². The second kappa shape index (κ2) is 6.20. The van der Waals surface area contributed by atoms with Gasteiger partial charge in [-0.25, -0.2) is 9.36 Å². The van der Waals surface area contributed by atoms with E-state index in [2.05, 4.69) is 0 Å². The zero-order valence-corrected chi connectivity index (χ0v) is 13.6. The van der Waals surface area contributed by atoms with Gasteiger partial charge in [0, 0.05) is 12.2 Å². The van der Waals surface area contributed by atoms with Gasteiger partial charge in [-0.3, -0.25) is 9.36 Å². The van der Waals surface area contributed by atoms with Crippen LogP contribution in [0.1, 0.15) is 12.6 Å². The summed E-state index contributed by atoms with van der Waals surface area (Å²) in [5, 5.41) is 9.48. The van der Waals surface area contributed by atoms with Crippen molar-refractivity contribution in [1.29, 1.82) is 0 Å². The van der Waals surface area contributed by atoms with E-state index in [0.717, 1.165) is 0 Å². The highest BCUT2D eigenvalue weighted by molar-refractivity contribution is 5.66. The van der Waals surface area contributed by atoms with E-state index < -0.39 is 0 Å². The fraction of sp³-hybridized carbons (Fsp3) is 0.158. The average molecular weight is 322 g/mol. The lowest BCUT2D eigenvalue weighted by Crippen LogP contribution is -2.40. The number of para-hydroxylation sites is 1. The highest BCUT2D eigenvalue weighted by Crippen LogP contribution is 2.21. The Morgan fingerprint density at radius 2 is 1.58 bits per heavy atom. The predicted octanol–water partition coefficient (Wildman–Crippen LogP) is 2.70. The Bertz CT molecular complexity index is 984. The number of phenols is 1. The molecular formula is C19H18N2O3. The van der Waals surface area contributed by atoms with Gasteiger partial charge in [0.2, 0.25) is 0 Å². The van der Waals surface area contributed by atoms with Crippen LogP contribution in [0.5, 0.6) is 5.75 Å². The Labute approximate surface area is 139 Å². The first kappa shape index (κ1) is 15.8. The van der Waals surface area contributed by atoms with E-state index in [9.17, 15) is 14.7 Å². The van der Waals surface area contributed by atoms with Gasteiger partial charge in [0.15, 0.2) is 0 Å². The minimum absolute atomic E-state index is 0.128. The van der Waals surface area contributed by atoms with Crippen LogP contribution in [0.2, 0.25) is 0 Å². The van der Waals surface area contributed by atoms with Crippen molar-refractivity contribution < 1.29 is 5.11 Å². The molecule has 0 saturated carbocycles. The Hall–Kier alpha value is -3.08. The molecule has 0 aliphatic heterocycles. The Morgan fingerprint density at radius 3 is 2.17 bits per heavy atom. The molecule has 0 bridgehead atoms. The number of hydrogen-bond donors (Lipinski definition) is 1. The van der Waals surface area contributed by atoms with Gasteiger partial charge in [0.25, 0.3) is 5.56 Å². The van der Waals surface area contributed by atoms with Crippen LogP contribution in [0, 0.1) is 6.92 Å². The van der Waals surface area contributed by atoms with E-state index in [1.165, 1.54) is 16.7 Å². The van der Waals surface area contributed by atoms with Crippen molar-refractivity contribution in [3.05, 3.63) is 81.1 Å². The molecular weight excluding hydrogens is 304 g/mol. The van der Waals surface area contributed by atoms with Crippen LogP contribution in [0.15, 0.2) is 64.2 Å². The summed E-state index contributed by atoms with van der Waals surface area (Å²) < 4.78 is 2.77. The molecule has 2 aromatic carbocycles. The molecule has 0 aliphatic rings. The smallest absolute Gasteiger partial charge is 0.335 e. The summed E-state index contributed by atoms with van der Waals surface area (Å²) in [5.74, 6) is 0.128. The third-order valence-electron chi connectivity index (χ3n) is 4.09. The highest BCUT2D eigenvalue weighted by Gasteiger charge is 2.18. The molecule has 24 heavy (non-hydrogen) atoms. The number of aromatic hydroxyl groups is 1. The first-order chi connectivity index (χ1) is 11.5. The fourth-order valence-corrected chi connectivity index (χ4v) is 2.89. The molecule has 0 aliphatic carbocycles. The predicted molar refractivity (Wildman–Crippen MR) is 93.8 cm³/mol. The molecule has 0 amide bonds. The van der Waals surface area contributed by atoms with Gasteiger partial charge in [-0.05, 0) is 43.7 Å². The van der Waals surface area contributed by atoms with Crippen molar-refractivity contribution in [1.82, 2.24) is 9.13 Å². The van der Waals surface area contributed by atoms with Crippen LogP contribution >= 0.6 is 0 Å². The normalized spacial score (nSPS) is 10.8. The molecule has 1 aromatic heterocycles. The van der Waals surface area contributed by atoms with Crippen LogP contribution in [0.4, 0.5) is 0 Å². The van der Waals surface area contributed by atoms with Gasteiger partial charge in [-0.1, -0.05) is 30.3 Å². The minimum atomic E-state index is -0.362. The highest BCUT2D eigenvalue weighted by atomic mass is 16.3. The molecule has 122 valence electrons. The van der Waals surface area contributed by atoms with Gasteiger partial charge in [-0.15, -0.1) is 0 Å². The van der Waals surface area contributed by atoms with Gasteiger partial charge in [0.1, 0.15) is 5.75 Å². The molecule has 1 N–H and O–H groups in total. The number of nitrogens with zero attached hydrogens (tertiary/aromatic N) is 2. The van der Waals surface area contributed by atoms with Crippen LogP contribution < -0.4 is 11.2 Å². The lowest BCUT2D eigenvalue weighted by atomic mass is 10.1. The van der Waals surface area contributed by atoms with E-state index >= 15 is 0 Å². The number of phenolic OH excluding ortho intramolecular Hbond substituents is 1. The maximum absolute atomic E-state index is 13.1. The van der Waals surface area contributed by atoms with Gasteiger partial charge in [0.05, 0.1) is 11.3 Å². The molecule has 0 saturated heterocycles. The van der Waals surface area contributed by atoms with E-state index in [4.69, 9.17) is 0 Å². The summed E-state index contributed by atoms with van der Waals surface area (Å²) in [6.07, 6.45) is 0. The topological polar surface area (TPSA) is 64.2 Å². The monoisotopic (exact) mass is 322 g/mol. The van der Waals surface area contributed by atoms with E-state index in [-0.39, 0.29) is 17.0 Å². The van der Waals surface area contributed by atoms with Crippen molar-refractivity contribution in [2.75, 3.05) is 0 Å². The molecule has 0 fully saturated rings. The van der Waals surface area contributed by atoms with E-state index in [1.54, 1.807) is 47.9 Å². The summed E-state index contributed by atoms with van der Waals surface area (Å²) >= 11 is 0. The average Bonchev–Trinajstić information content (AvgIpc) is 2.58. The number of hydrogen-bond acceptors (Lipinski definition) is 3. The SMILES string of the molecule is CCn1c(C)c(-c2ccc(O)cc2)c(=O)n(-c2ccccc2)c1=O. The van der Waals surface area contributed by atoms with Crippen LogP contribution in [0.25, 0.3) is 16.8 Å². The summed E-state index contributed by atoms with van der Waals surface area (Å²) in [7, 11) is 0. The Balaban J connectivity index is 2.41. The molecule has 5 heteroatoms. The molecule has 0 unspecified atom stereocenters. The summed E-state index contributed by atoms with van der Waals surface area (Å²) in [6, 6.07) is 15.3. The lowest BCUT2D eigenvalue weighted by molar-refractivity contribution is 0.475. The Morgan fingerprint density at radius 1 is 0.958 bits per heavy atom. The summed E-state index contributed by atoms with van der Waals surface area (Å²) in [6.45, 7) is 4.10. The van der Waals surface area contributed by atoms with Gasteiger partial charge in [-0.2, -0.15) is 0 Å². The van der Waals surface area contributed by atoms with Gasteiger partial charge >= 0.3 is 5.69 Å². The zero-order valence-electron chi connectivity index (χ0n) is 13.6. The largest absolute Gasteiger partial charge is 0.508 e. The first-order valence-electron chi connectivity index (χ1n) is 7.76. The van der Waals surface area contributed by atoms with Gasteiger partial charge < -0.3 is 5.11 Å². The van der Waals surface area contributed by atoms with Crippen molar-refractivity contribution >= 4 is 0 Å². The standard InChI is InChI=1S/C19H18N2O3/c1-3-20-13(2)17(14-9-11-16(22)12-10-14)18(23)21(19(20)24)15-7-5-4-6-8-15/h4-12,22H,3H2,1-2H3. The molecule has 0 spiro atoms. The van der Waals surface area contributed by atoms with E-state index in [0.29, 0.717) is 29.1 Å². The number of rotatable bonds is 3.